The minimum atomic E-state index is 0.00443. The van der Waals surface area contributed by atoms with Gasteiger partial charge in [0.05, 0.1) is 0 Å². The Bertz CT molecular complexity index is 348. The molecular formula is C13H20N2O. The van der Waals surface area contributed by atoms with Gasteiger partial charge in [0.15, 0.2) is 0 Å². The summed E-state index contributed by atoms with van der Waals surface area (Å²) in [4.78, 5) is 11.2. The lowest BCUT2D eigenvalue weighted by Gasteiger charge is -2.09. The van der Waals surface area contributed by atoms with E-state index >= 15 is 0 Å². The first-order valence-corrected chi connectivity index (χ1v) is 5.67. The molecule has 88 valence electrons. The molecule has 2 N–H and O–H groups in total. The summed E-state index contributed by atoms with van der Waals surface area (Å²) in [6, 6.07) is 8.37. The molecule has 0 atom stereocenters. The molecule has 1 aromatic carbocycles. The molecule has 0 unspecified atom stereocenters. The maximum atomic E-state index is 11.2. The quantitative estimate of drug-likeness (QED) is 0.357. The molecule has 1 rings (SSSR count). The van der Waals surface area contributed by atoms with Crippen molar-refractivity contribution in [3.63, 3.8) is 0 Å². The molecule has 0 radical (unpaired) electrons. The van der Waals surface area contributed by atoms with E-state index < -0.39 is 0 Å². The highest BCUT2D eigenvalue weighted by molar-refractivity contribution is 5.75. The Hall–Kier alpha value is -1.35. The summed E-state index contributed by atoms with van der Waals surface area (Å²) in [5.41, 5.74) is 2.70. The molecule has 1 aromatic rings. The molecule has 0 saturated carbocycles. The largest absolute Gasteiger partial charge is 0.284 e. The molecule has 0 saturated heterocycles. The van der Waals surface area contributed by atoms with Gasteiger partial charge in [-0.1, -0.05) is 24.3 Å². The number of carbonyl (C=O) groups is 1. The Balaban J connectivity index is 2.26. The number of hydrogen-bond donors (Lipinski definition) is 1. The van der Waals surface area contributed by atoms with E-state index in [2.05, 4.69) is 25.1 Å². The molecule has 3 heteroatoms. The van der Waals surface area contributed by atoms with Crippen LogP contribution in [0.15, 0.2) is 24.3 Å². The van der Waals surface area contributed by atoms with Gasteiger partial charge in [0.2, 0.25) is 5.91 Å². The Morgan fingerprint density at radius 3 is 2.62 bits per heavy atom. The fraction of sp³-hybridized carbons (Fsp3) is 0.462. The number of nitrogens with zero attached hydrogens (tertiary/aromatic N) is 1. The van der Waals surface area contributed by atoms with Crippen LogP contribution in [-0.2, 0) is 11.2 Å². The lowest BCUT2D eigenvalue weighted by atomic mass is 10.0. The maximum absolute atomic E-state index is 11.2. The zero-order valence-electron chi connectivity index (χ0n) is 10.1. The van der Waals surface area contributed by atoms with Crippen LogP contribution >= 0.6 is 0 Å². The third kappa shape index (κ3) is 4.03. The number of aryl methyl sites for hydroxylation is 2. The predicted octanol–water partition coefficient (Wildman–Crippen LogP) is 2.04. The van der Waals surface area contributed by atoms with E-state index in [1.807, 2.05) is 6.07 Å². The van der Waals surface area contributed by atoms with Crippen LogP contribution in [0.5, 0.6) is 0 Å². The second-order valence-electron chi connectivity index (χ2n) is 4.14. The van der Waals surface area contributed by atoms with Crippen molar-refractivity contribution in [1.29, 1.82) is 0 Å². The molecule has 3 nitrogen and oxygen atoms in total. The van der Waals surface area contributed by atoms with Crippen LogP contribution in [0.1, 0.15) is 30.4 Å². The zero-order valence-corrected chi connectivity index (χ0v) is 10.1. The SMILES string of the molecule is Cc1ccccc1CCCCC(=O)N(C)N. The number of nitrogens with two attached hydrogens (primary N) is 1. The summed E-state index contributed by atoms with van der Waals surface area (Å²) < 4.78 is 0. The molecule has 0 aliphatic rings. The molecule has 0 heterocycles. The third-order valence-corrected chi connectivity index (χ3v) is 2.74. The van der Waals surface area contributed by atoms with Crippen LogP contribution in [0.3, 0.4) is 0 Å². The Morgan fingerprint density at radius 2 is 2.00 bits per heavy atom. The predicted molar refractivity (Wildman–Crippen MR) is 65.7 cm³/mol. The molecule has 0 aliphatic heterocycles. The van der Waals surface area contributed by atoms with Crippen LogP contribution < -0.4 is 5.84 Å². The minimum Gasteiger partial charge on any atom is -0.284 e. The first-order chi connectivity index (χ1) is 7.61. The number of carbonyl (C=O) groups excluding carboxylic acids is 1. The topological polar surface area (TPSA) is 46.3 Å². The first kappa shape index (κ1) is 12.7. The van der Waals surface area contributed by atoms with E-state index in [0.717, 1.165) is 24.3 Å². The van der Waals surface area contributed by atoms with Crippen molar-refractivity contribution in [2.24, 2.45) is 5.84 Å². The summed E-state index contributed by atoms with van der Waals surface area (Å²) in [6.45, 7) is 2.12. The van der Waals surface area contributed by atoms with Crippen LogP contribution in [-0.4, -0.2) is 18.0 Å². The van der Waals surface area contributed by atoms with E-state index in [1.165, 1.54) is 11.1 Å². The van der Waals surface area contributed by atoms with Gasteiger partial charge in [0.25, 0.3) is 0 Å². The van der Waals surface area contributed by atoms with Crippen molar-refractivity contribution in [2.45, 2.75) is 32.6 Å². The summed E-state index contributed by atoms with van der Waals surface area (Å²) >= 11 is 0. The van der Waals surface area contributed by atoms with Gasteiger partial charge >= 0.3 is 0 Å². The van der Waals surface area contributed by atoms with Gasteiger partial charge in [-0.3, -0.25) is 9.80 Å². The van der Waals surface area contributed by atoms with Gasteiger partial charge in [-0.25, -0.2) is 5.84 Å². The Labute approximate surface area is 97.2 Å². The zero-order chi connectivity index (χ0) is 12.0. The number of hydrogen-bond acceptors (Lipinski definition) is 2. The van der Waals surface area contributed by atoms with E-state index in [9.17, 15) is 4.79 Å². The highest BCUT2D eigenvalue weighted by Gasteiger charge is 2.04. The third-order valence-electron chi connectivity index (χ3n) is 2.74. The summed E-state index contributed by atoms with van der Waals surface area (Å²) in [6.07, 6.45) is 3.51. The first-order valence-electron chi connectivity index (χ1n) is 5.67. The fourth-order valence-corrected chi connectivity index (χ4v) is 1.66. The molecule has 0 aliphatic carbocycles. The van der Waals surface area contributed by atoms with E-state index in [0.29, 0.717) is 6.42 Å². The molecule has 1 amide bonds. The minimum absolute atomic E-state index is 0.00443. The van der Waals surface area contributed by atoms with Crippen LogP contribution in [0.25, 0.3) is 0 Å². The van der Waals surface area contributed by atoms with Gasteiger partial charge in [-0.2, -0.15) is 0 Å². The number of rotatable bonds is 5. The molecular weight excluding hydrogens is 200 g/mol. The van der Waals surface area contributed by atoms with Gasteiger partial charge in [-0.05, 0) is 37.3 Å². The monoisotopic (exact) mass is 220 g/mol. The van der Waals surface area contributed by atoms with Gasteiger partial charge in [0.1, 0.15) is 0 Å². The molecule has 16 heavy (non-hydrogen) atoms. The van der Waals surface area contributed by atoms with Crippen LogP contribution in [0.4, 0.5) is 0 Å². The average molecular weight is 220 g/mol. The van der Waals surface area contributed by atoms with Crippen molar-refractivity contribution < 1.29 is 4.79 Å². The lowest BCUT2D eigenvalue weighted by Crippen LogP contribution is -2.32. The normalized spacial score (nSPS) is 10.2. The molecule has 0 aromatic heterocycles. The summed E-state index contributed by atoms with van der Waals surface area (Å²) in [5.74, 6) is 5.34. The smallest absolute Gasteiger partial charge is 0.236 e. The van der Waals surface area contributed by atoms with Gasteiger partial charge in [0, 0.05) is 13.5 Å². The highest BCUT2D eigenvalue weighted by Crippen LogP contribution is 2.11. The number of amides is 1. The summed E-state index contributed by atoms with van der Waals surface area (Å²) in [5, 5.41) is 1.16. The number of unbranched alkanes of at least 4 members (excludes halogenated alkanes) is 1. The van der Waals surface area contributed by atoms with Gasteiger partial charge < -0.3 is 0 Å². The van der Waals surface area contributed by atoms with E-state index in [-0.39, 0.29) is 5.91 Å². The fourth-order valence-electron chi connectivity index (χ4n) is 1.66. The maximum Gasteiger partial charge on any atom is 0.236 e. The number of benzene rings is 1. The van der Waals surface area contributed by atoms with Gasteiger partial charge in [-0.15, -0.1) is 0 Å². The second-order valence-corrected chi connectivity index (χ2v) is 4.14. The van der Waals surface area contributed by atoms with Crippen molar-refractivity contribution in [3.8, 4) is 0 Å². The van der Waals surface area contributed by atoms with Crippen molar-refractivity contribution in [3.05, 3.63) is 35.4 Å². The number of hydrazine groups is 1. The lowest BCUT2D eigenvalue weighted by molar-refractivity contribution is -0.130. The van der Waals surface area contributed by atoms with Crippen molar-refractivity contribution in [2.75, 3.05) is 7.05 Å². The molecule has 0 fully saturated rings. The van der Waals surface area contributed by atoms with Crippen molar-refractivity contribution >= 4 is 5.91 Å². The Morgan fingerprint density at radius 1 is 1.31 bits per heavy atom. The molecule has 0 bridgehead atoms. The highest BCUT2D eigenvalue weighted by atomic mass is 16.2. The average Bonchev–Trinajstić information content (AvgIpc) is 2.26. The van der Waals surface area contributed by atoms with Crippen LogP contribution in [0.2, 0.25) is 0 Å². The van der Waals surface area contributed by atoms with E-state index in [1.54, 1.807) is 7.05 Å². The Kier molecular flexibility index (Phi) is 4.99. The molecule has 0 spiro atoms. The summed E-state index contributed by atoms with van der Waals surface area (Å²) in [7, 11) is 1.59. The second kappa shape index (κ2) is 6.28. The van der Waals surface area contributed by atoms with E-state index in [4.69, 9.17) is 5.84 Å². The van der Waals surface area contributed by atoms with Crippen LogP contribution in [0, 0.1) is 6.92 Å². The standard InChI is InChI=1S/C13H20N2O/c1-11-7-3-4-8-12(11)9-5-6-10-13(16)15(2)14/h3-4,7-8H,5-6,9-10,14H2,1-2H3. The van der Waals surface area contributed by atoms with Crippen molar-refractivity contribution in [1.82, 2.24) is 5.01 Å².